The molecule has 2 rings (SSSR count). The molecule has 0 atom stereocenters. The predicted molar refractivity (Wildman–Crippen MR) is 77.4 cm³/mol. The summed E-state index contributed by atoms with van der Waals surface area (Å²) in [5.41, 5.74) is 2.48. The fourth-order valence-electron chi connectivity index (χ4n) is 2.54. The second-order valence-electron chi connectivity index (χ2n) is 4.89. The summed E-state index contributed by atoms with van der Waals surface area (Å²) in [6, 6.07) is 0. The van der Waals surface area contributed by atoms with Gasteiger partial charge in [-0.15, -0.1) is 0 Å². The SMILES string of the molecule is CN(CC1CCCCC1)c1nc(NN)ncc1Br. The molecule has 1 aliphatic rings. The first kappa shape index (κ1) is 13.5. The van der Waals surface area contributed by atoms with Gasteiger partial charge in [-0.25, -0.2) is 10.8 Å². The van der Waals surface area contributed by atoms with Crippen LogP contribution in [0.2, 0.25) is 0 Å². The van der Waals surface area contributed by atoms with Crippen molar-refractivity contribution in [2.24, 2.45) is 11.8 Å². The molecule has 1 aromatic rings. The lowest BCUT2D eigenvalue weighted by atomic mass is 9.89. The minimum atomic E-state index is 0.448. The highest BCUT2D eigenvalue weighted by molar-refractivity contribution is 9.10. The third-order valence-electron chi connectivity index (χ3n) is 3.47. The van der Waals surface area contributed by atoms with Crippen LogP contribution in [0.4, 0.5) is 11.8 Å². The Bertz CT molecular complexity index is 392. The molecule has 0 spiro atoms. The highest BCUT2D eigenvalue weighted by Crippen LogP contribution is 2.28. The molecular formula is C12H20BrN5. The number of aromatic nitrogens is 2. The van der Waals surface area contributed by atoms with Gasteiger partial charge in [-0.2, -0.15) is 4.98 Å². The van der Waals surface area contributed by atoms with Crippen molar-refractivity contribution in [3.63, 3.8) is 0 Å². The lowest BCUT2D eigenvalue weighted by Gasteiger charge is -2.28. The summed E-state index contributed by atoms with van der Waals surface area (Å²) in [4.78, 5) is 10.6. The van der Waals surface area contributed by atoms with Crippen LogP contribution < -0.4 is 16.2 Å². The maximum absolute atomic E-state index is 5.34. The molecular weight excluding hydrogens is 294 g/mol. The molecule has 18 heavy (non-hydrogen) atoms. The molecule has 1 aromatic heterocycles. The van der Waals surface area contributed by atoms with E-state index in [0.29, 0.717) is 5.95 Å². The van der Waals surface area contributed by atoms with Crippen LogP contribution in [0.3, 0.4) is 0 Å². The Balaban J connectivity index is 2.04. The summed E-state index contributed by atoms with van der Waals surface area (Å²) in [6.45, 7) is 1.04. The standard InChI is InChI=1S/C12H20BrN5/c1-18(8-9-5-3-2-4-6-9)11-10(13)7-15-12(16-11)17-14/h7,9H,2-6,8,14H2,1H3,(H,15,16,17). The third kappa shape index (κ3) is 3.32. The summed E-state index contributed by atoms with van der Waals surface area (Å²) in [7, 11) is 2.07. The molecule has 0 aromatic carbocycles. The lowest BCUT2D eigenvalue weighted by molar-refractivity contribution is 0.361. The number of hydrogen-bond donors (Lipinski definition) is 2. The van der Waals surface area contributed by atoms with Crippen molar-refractivity contribution in [2.75, 3.05) is 23.9 Å². The molecule has 1 saturated carbocycles. The zero-order chi connectivity index (χ0) is 13.0. The smallest absolute Gasteiger partial charge is 0.239 e. The molecule has 0 radical (unpaired) electrons. The Morgan fingerprint density at radius 2 is 2.17 bits per heavy atom. The molecule has 1 heterocycles. The molecule has 3 N–H and O–H groups in total. The normalized spacial score (nSPS) is 16.6. The van der Waals surface area contributed by atoms with Crippen molar-refractivity contribution in [3.8, 4) is 0 Å². The second kappa shape index (κ2) is 6.33. The number of nitrogens with two attached hydrogens (primary N) is 1. The lowest BCUT2D eigenvalue weighted by Crippen LogP contribution is -2.28. The maximum Gasteiger partial charge on any atom is 0.239 e. The first-order chi connectivity index (χ1) is 8.70. The fourth-order valence-corrected chi connectivity index (χ4v) is 3.03. The van der Waals surface area contributed by atoms with Gasteiger partial charge in [0.2, 0.25) is 5.95 Å². The zero-order valence-corrected chi connectivity index (χ0v) is 12.3. The molecule has 6 heteroatoms. The minimum Gasteiger partial charge on any atom is -0.358 e. The van der Waals surface area contributed by atoms with E-state index in [4.69, 9.17) is 5.84 Å². The Hall–Kier alpha value is -0.880. The van der Waals surface area contributed by atoms with Gasteiger partial charge in [0, 0.05) is 19.8 Å². The van der Waals surface area contributed by atoms with E-state index in [2.05, 4.69) is 43.3 Å². The van der Waals surface area contributed by atoms with Crippen LogP contribution in [0.15, 0.2) is 10.7 Å². The summed E-state index contributed by atoms with van der Waals surface area (Å²) in [5, 5.41) is 0. The molecule has 5 nitrogen and oxygen atoms in total. The van der Waals surface area contributed by atoms with Gasteiger partial charge in [-0.3, -0.25) is 5.43 Å². The third-order valence-corrected chi connectivity index (χ3v) is 4.03. The van der Waals surface area contributed by atoms with E-state index in [1.807, 2.05) is 0 Å². The van der Waals surface area contributed by atoms with Crippen LogP contribution in [0.5, 0.6) is 0 Å². The van der Waals surface area contributed by atoms with Crippen molar-refractivity contribution >= 4 is 27.7 Å². The van der Waals surface area contributed by atoms with E-state index < -0.39 is 0 Å². The number of halogens is 1. The highest BCUT2D eigenvalue weighted by Gasteiger charge is 2.17. The molecule has 0 unspecified atom stereocenters. The summed E-state index contributed by atoms with van der Waals surface area (Å²) in [6.07, 6.45) is 8.50. The van der Waals surface area contributed by atoms with Crippen molar-refractivity contribution in [3.05, 3.63) is 10.7 Å². The predicted octanol–water partition coefficient (Wildman–Crippen LogP) is 2.54. The Labute approximate surface area is 116 Å². The van der Waals surface area contributed by atoms with Crippen LogP contribution in [0.1, 0.15) is 32.1 Å². The number of nitrogens with one attached hydrogen (secondary N) is 1. The Morgan fingerprint density at radius 3 is 2.83 bits per heavy atom. The van der Waals surface area contributed by atoms with Gasteiger partial charge in [0.15, 0.2) is 0 Å². The summed E-state index contributed by atoms with van der Waals surface area (Å²) < 4.78 is 0.903. The average molecular weight is 314 g/mol. The van der Waals surface area contributed by atoms with Gasteiger partial charge in [0.25, 0.3) is 0 Å². The average Bonchev–Trinajstić information content (AvgIpc) is 2.40. The fraction of sp³-hybridized carbons (Fsp3) is 0.667. The summed E-state index contributed by atoms with van der Waals surface area (Å²) >= 11 is 3.49. The monoisotopic (exact) mass is 313 g/mol. The Kier molecular flexibility index (Phi) is 4.77. The molecule has 0 bridgehead atoms. The maximum atomic E-state index is 5.34. The van der Waals surface area contributed by atoms with E-state index in [9.17, 15) is 0 Å². The van der Waals surface area contributed by atoms with Crippen LogP contribution in [-0.2, 0) is 0 Å². The molecule has 0 amide bonds. The molecule has 1 fully saturated rings. The van der Waals surface area contributed by atoms with Crippen molar-refractivity contribution in [2.45, 2.75) is 32.1 Å². The van der Waals surface area contributed by atoms with Crippen LogP contribution in [0.25, 0.3) is 0 Å². The number of nitrogen functional groups attached to an aromatic ring is 1. The highest BCUT2D eigenvalue weighted by atomic mass is 79.9. The van der Waals surface area contributed by atoms with Crippen molar-refractivity contribution < 1.29 is 0 Å². The van der Waals surface area contributed by atoms with Crippen LogP contribution >= 0.6 is 15.9 Å². The molecule has 1 aliphatic carbocycles. The zero-order valence-electron chi connectivity index (χ0n) is 10.7. The molecule has 0 aliphatic heterocycles. The topological polar surface area (TPSA) is 67.1 Å². The van der Waals surface area contributed by atoms with Crippen LogP contribution in [0, 0.1) is 5.92 Å². The summed E-state index contributed by atoms with van der Waals surface area (Å²) in [5.74, 6) is 7.46. The second-order valence-corrected chi connectivity index (χ2v) is 5.75. The van der Waals surface area contributed by atoms with Crippen molar-refractivity contribution in [1.29, 1.82) is 0 Å². The van der Waals surface area contributed by atoms with E-state index in [1.54, 1.807) is 6.20 Å². The molecule has 0 saturated heterocycles. The van der Waals surface area contributed by atoms with E-state index >= 15 is 0 Å². The van der Waals surface area contributed by atoms with Gasteiger partial charge in [0.05, 0.1) is 4.47 Å². The largest absolute Gasteiger partial charge is 0.358 e. The number of rotatable bonds is 4. The van der Waals surface area contributed by atoms with E-state index in [1.165, 1.54) is 32.1 Å². The van der Waals surface area contributed by atoms with E-state index in [0.717, 1.165) is 22.8 Å². The van der Waals surface area contributed by atoms with E-state index in [-0.39, 0.29) is 0 Å². The van der Waals surface area contributed by atoms with Gasteiger partial charge in [-0.1, -0.05) is 19.3 Å². The number of anilines is 2. The number of hydrazine groups is 1. The van der Waals surface area contributed by atoms with Crippen molar-refractivity contribution in [1.82, 2.24) is 9.97 Å². The quantitative estimate of drug-likeness (QED) is 0.660. The minimum absolute atomic E-state index is 0.448. The molecule has 100 valence electrons. The first-order valence-electron chi connectivity index (χ1n) is 6.41. The van der Waals surface area contributed by atoms with Crippen LogP contribution in [-0.4, -0.2) is 23.6 Å². The van der Waals surface area contributed by atoms with Gasteiger partial charge >= 0.3 is 0 Å². The Morgan fingerprint density at radius 1 is 1.44 bits per heavy atom. The van der Waals surface area contributed by atoms with Gasteiger partial charge < -0.3 is 4.90 Å². The number of nitrogens with zero attached hydrogens (tertiary/aromatic N) is 3. The number of hydrogen-bond acceptors (Lipinski definition) is 5. The van der Waals surface area contributed by atoms with Gasteiger partial charge in [-0.05, 0) is 34.7 Å². The first-order valence-corrected chi connectivity index (χ1v) is 7.20. The van der Waals surface area contributed by atoms with Gasteiger partial charge in [0.1, 0.15) is 5.82 Å².